The van der Waals surface area contributed by atoms with E-state index in [0.717, 1.165) is 23.4 Å². The van der Waals surface area contributed by atoms with Crippen molar-refractivity contribution in [3.8, 4) is 5.69 Å². The van der Waals surface area contributed by atoms with Crippen molar-refractivity contribution >= 4 is 17.4 Å². The molecule has 3 rings (SSSR count). The number of rotatable bonds is 1. The van der Waals surface area contributed by atoms with Crippen molar-refractivity contribution in [3.05, 3.63) is 46.7 Å². The highest BCUT2D eigenvalue weighted by molar-refractivity contribution is 6.32. The first-order chi connectivity index (χ1) is 8.66. The van der Waals surface area contributed by atoms with Crippen LogP contribution >= 0.6 is 11.6 Å². The standard InChI is InChI=1S/C14H13ClN2O/c1-9-6-13-10(14(18)7-9)8-16-17(13)12-5-3-2-4-11(12)15/h2-5,8-9H,6-7H2,1H3. The van der Waals surface area contributed by atoms with Gasteiger partial charge in [-0.25, -0.2) is 4.68 Å². The molecule has 0 radical (unpaired) electrons. The lowest BCUT2D eigenvalue weighted by molar-refractivity contribution is 0.0952. The number of carbonyl (C=O) groups excluding carboxylic acids is 1. The summed E-state index contributed by atoms with van der Waals surface area (Å²) in [5.41, 5.74) is 2.56. The molecule has 0 aliphatic heterocycles. The molecule has 3 nitrogen and oxygen atoms in total. The maximum Gasteiger partial charge on any atom is 0.166 e. The number of fused-ring (bicyclic) bond motifs is 1. The molecule has 0 fully saturated rings. The smallest absolute Gasteiger partial charge is 0.166 e. The van der Waals surface area contributed by atoms with Crippen LogP contribution < -0.4 is 0 Å². The van der Waals surface area contributed by atoms with Gasteiger partial charge in [-0.2, -0.15) is 5.10 Å². The molecule has 0 N–H and O–H groups in total. The Morgan fingerprint density at radius 1 is 1.33 bits per heavy atom. The number of ketones is 1. The van der Waals surface area contributed by atoms with E-state index in [-0.39, 0.29) is 5.78 Å². The first-order valence-corrected chi connectivity index (χ1v) is 6.39. The summed E-state index contributed by atoms with van der Waals surface area (Å²) in [6, 6.07) is 7.55. The molecule has 1 aliphatic rings. The molecule has 1 unspecified atom stereocenters. The first kappa shape index (κ1) is 11.5. The zero-order chi connectivity index (χ0) is 12.7. The molecule has 1 heterocycles. The SMILES string of the molecule is CC1CC(=O)c2cnn(-c3ccccc3Cl)c2C1. The van der Waals surface area contributed by atoms with E-state index in [1.807, 2.05) is 24.3 Å². The van der Waals surface area contributed by atoms with Crippen molar-refractivity contribution in [1.82, 2.24) is 9.78 Å². The minimum atomic E-state index is 0.182. The molecule has 0 amide bonds. The maximum atomic E-state index is 11.9. The summed E-state index contributed by atoms with van der Waals surface area (Å²) >= 11 is 6.19. The molecular weight excluding hydrogens is 248 g/mol. The molecule has 1 aromatic heterocycles. The summed E-state index contributed by atoms with van der Waals surface area (Å²) in [5, 5.41) is 4.97. The Balaban J connectivity index is 2.16. The van der Waals surface area contributed by atoms with Crippen LogP contribution in [0.2, 0.25) is 5.02 Å². The van der Waals surface area contributed by atoms with Crippen molar-refractivity contribution in [3.63, 3.8) is 0 Å². The number of halogens is 1. The number of carbonyl (C=O) groups is 1. The van der Waals surface area contributed by atoms with Gasteiger partial charge in [-0.05, 0) is 24.5 Å². The highest BCUT2D eigenvalue weighted by atomic mass is 35.5. The quantitative estimate of drug-likeness (QED) is 0.789. The highest BCUT2D eigenvalue weighted by Gasteiger charge is 2.27. The van der Waals surface area contributed by atoms with Crippen molar-refractivity contribution in [2.45, 2.75) is 19.8 Å². The van der Waals surface area contributed by atoms with Gasteiger partial charge in [0, 0.05) is 6.42 Å². The number of aromatic nitrogens is 2. The van der Waals surface area contributed by atoms with Crippen LogP contribution in [0.1, 0.15) is 29.4 Å². The number of Topliss-reactive ketones (excluding diaryl/α,β-unsaturated/α-hetero) is 1. The van der Waals surface area contributed by atoms with E-state index in [2.05, 4.69) is 12.0 Å². The fraction of sp³-hybridized carbons (Fsp3) is 0.286. The van der Waals surface area contributed by atoms with Crippen LogP contribution in [0.25, 0.3) is 5.69 Å². The average Bonchev–Trinajstić information content (AvgIpc) is 2.73. The number of hydrogen-bond acceptors (Lipinski definition) is 2. The third kappa shape index (κ3) is 1.75. The lowest BCUT2D eigenvalue weighted by atomic mass is 9.88. The predicted molar refractivity (Wildman–Crippen MR) is 70.4 cm³/mol. The molecule has 92 valence electrons. The molecule has 2 aromatic rings. The average molecular weight is 261 g/mol. The highest BCUT2D eigenvalue weighted by Crippen LogP contribution is 2.29. The predicted octanol–water partition coefficient (Wildman–Crippen LogP) is 3.29. The lowest BCUT2D eigenvalue weighted by Gasteiger charge is -2.19. The van der Waals surface area contributed by atoms with E-state index < -0.39 is 0 Å². The van der Waals surface area contributed by atoms with Crippen LogP contribution in [0.3, 0.4) is 0 Å². The van der Waals surface area contributed by atoms with Crippen molar-refractivity contribution in [2.24, 2.45) is 5.92 Å². The molecule has 1 aliphatic carbocycles. The van der Waals surface area contributed by atoms with Gasteiger partial charge in [0.1, 0.15) is 0 Å². The third-order valence-electron chi connectivity index (χ3n) is 3.33. The van der Waals surface area contributed by atoms with Gasteiger partial charge in [0.05, 0.1) is 28.2 Å². The molecule has 0 spiro atoms. The molecule has 0 saturated heterocycles. The van der Waals surface area contributed by atoms with E-state index in [1.54, 1.807) is 10.9 Å². The Hall–Kier alpha value is -1.61. The van der Waals surface area contributed by atoms with E-state index in [4.69, 9.17) is 11.6 Å². The van der Waals surface area contributed by atoms with Gasteiger partial charge >= 0.3 is 0 Å². The second-order valence-electron chi connectivity index (χ2n) is 4.80. The van der Waals surface area contributed by atoms with Crippen LogP contribution in [0, 0.1) is 5.92 Å². The Morgan fingerprint density at radius 3 is 2.89 bits per heavy atom. The normalized spacial score (nSPS) is 18.8. The van der Waals surface area contributed by atoms with Gasteiger partial charge in [-0.3, -0.25) is 4.79 Å². The summed E-state index contributed by atoms with van der Waals surface area (Å²) in [7, 11) is 0. The molecule has 18 heavy (non-hydrogen) atoms. The molecule has 1 aromatic carbocycles. The summed E-state index contributed by atoms with van der Waals surface area (Å²) in [5.74, 6) is 0.546. The summed E-state index contributed by atoms with van der Waals surface area (Å²) < 4.78 is 1.80. The monoisotopic (exact) mass is 260 g/mol. The number of benzene rings is 1. The minimum Gasteiger partial charge on any atom is -0.294 e. The van der Waals surface area contributed by atoms with Gasteiger partial charge in [0.25, 0.3) is 0 Å². The Labute approximate surface area is 110 Å². The third-order valence-corrected chi connectivity index (χ3v) is 3.65. The Bertz CT molecular complexity index is 618. The topological polar surface area (TPSA) is 34.9 Å². The molecule has 0 bridgehead atoms. The maximum absolute atomic E-state index is 11.9. The zero-order valence-corrected chi connectivity index (χ0v) is 10.8. The summed E-state index contributed by atoms with van der Waals surface area (Å²) in [6.45, 7) is 2.09. The van der Waals surface area contributed by atoms with Crippen molar-refractivity contribution in [2.75, 3.05) is 0 Å². The van der Waals surface area contributed by atoms with Crippen LogP contribution in [-0.4, -0.2) is 15.6 Å². The Morgan fingerprint density at radius 2 is 2.11 bits per heavy atom. The molecule has 4 heteroatoms. The van der Waals surface area contributed by atoms with Crippen LogP contribution in [0.15, 0.2) is 30.5 Å². The van der Waals surface area contributed by atoms with Gasteiger partial charge in [0.2, 0.25) is 0 Å². The second kappa shape index (κ2) is 4.25. The Kier molecular flexibility index (Phi) is 2.71. The minimum absolute atomic E-state index is 0.182. The van der Waals surface area contributed by atoms with Crippen LogP contribution in [0.5, 0.6) is 0 Å². The van der Waals surface area contributed by atoms with Crippen LogP contribution in [-0.2, 0) is 6.42 Å². The summed E-state index contributed by atoms with van der Waals surface area (Å²) in [6.07, 6.45) is 3.14. The number of nitrogens with zero attached hydrogens (tertiary/aromatic N) is 2. The van der Waals surface area contributed by atoms with E-state index in [0.29, 0.717) is 17.4 Å². The number of para-hydroxylation sites is 1. The summed E-state index contributed by atoms with van der Waals surface area (Å²) in [4.78, 5) is 11.9. The molecule has 0 saturated carbocycles. The fourth-order valence-corrected chi connectivity index (χ4v) is 2.68. The van der Waals surface area contributed by atoms with Gasteiger partial charge in [0.15, 0.2) is 5.78 Å². The molecule has 1 atom stereocenters. The fourth-order valence-electron chi connectivity index (χ4n) is 2.46. The van der Waals surface area contributed by atoms with Gasteiger partial charge < -0.3 is 0 Å². The van der Waals surface area contributed by atoms with Crippen molar-refractivity contribution < 1.29 is 4.79 Å². The van der Waals surface area contributed by atoms with Crippen molar-refractivity contribution in [1.29, 1.82) is 0 Å². The van der Waals surface area contributed by atoms with Gasteiger partial charge in [-0.15, -0.1) is 0 Å². The molecular formula is C14H13ClN2O. The van der Waals surface area contributed by atoms with Crippen LogP contribution in [0.4, 0.5) is 0 Å². The van der Waals surface area contributed by atoms with Gasteiger partial charge in [-0.1, -0.05) is 30.7 Å². The lowest BCUT2D eigenvalue weighted by Crippen LogP contribution is -2.19. The van der Waals surface area contributed by atoms with E-state index in [9.17, 15) is 4.79 Å². The zero-order valence-electron chi connectivity index (χ0n) is 10.1. The first-order valence-electron chi connectivity index (χ1n) is 6.02. The van der Waals surface area contributed by atoms with E-state index in [1.165, 1.54) is 0 Å². The number of hydrogen-bond donors (Lipinski definition) is 0. The second-order valence-corrected chi connectivity index (χ2v) is 5.21. The largest absolute Gasteiger partial charge is 0.294 e. The van der Waals surface area contributed by atoms with E-state index >= 15 is 0 Å².